The summed E-state index contributed by atoms with van der Waals surface area (Å²) in [5, 5.41) is 20.7. The van der Waals surface area contributed by atoms with Crippen molar-refractivity contribution in [2.45, 2.75) is 13.5 Å². The van der Waals surface area contributed by atoms with Gasteiger partial charge in [0.05, 0.1) is 38.2 Å². The summed E-state index contributed by atoms with van der Waals surface area (Å²) in [4.78, 5) is 51.2. The fourth-order valence-corrected chi connectivity index (χ4v) is 7.42. The minimum atomic E-state index is -1.66. The zero-order valence-electron chi connectivity index (χ0n) is 22.6. The van der Waals surface area contributed by atoms with Gasteiger partial charge in [0.1, 0.15) is 21.8 Å². The number of carboxylic acid groups (broad SMARTS) is 2. The van der Waals surface area contributed by atoms with Gasteiger partial charge in [-0.05, 0) is 19.1 Å². The maximum Gasteiger partial charge on any atom is 0.511 e. The number of pyridine rings is 2. The lowest BCUT2D eigenvalue weighted by molar-refractivity contribution is 0.143. The van der Waals surface area contributed by atoms with E-state index in [-0.39, 0.29) is 54.6 Å². The molecule has 0 unspecified atom stereocenters. The molecule has 0 amide bonds. The third-order valence-corrected chi connectivity index (χ3v) is 9.06. The van der Waals surface area contributed by atoms with Crippen LogP contribution in [0.25, 0.3) is 42.4 Å². The van der Waals surface area contributed by atoms with E-state index in [1.54, 1.807) is 17.7 Å². The minimum absolute atomic E-state index is 0.0299. The molecule has 1 aliphatic heterocycles. The van der Waals surface area contributed by atoms with Crippen LogP contribution in [0.2, 0.25) is 0 Å². The third kappa shape index (κ3) is 3.99. The number of hydrogen-bond donors (Lipinski definition) is 2. The van der Waals surface area contributed by atoms with Gasteiger partial charge in [0.2, 0.25) is 28.2 Å². The predicted octanol–water partition coefficient (Wildman–Crippen LogP) is 5.54. The summed E-state index contributed by atoms with van der Waals surface area (Å²) in [6.45, 7) is 2.05. The highest BCUT2D eigenvalue weighted by Gasteiger charge is 2.29. The molecule has 0 aliphatic carbocycles. The largest absolute Gasteiger partial charge is 0.511 e. The number of hydrogen-bond acceptors (Lipinski definition) is 10. The van der Waals surface area contributed by atoms with Crippen molar-refractivity contribution in [3.63, 3.8) is 0 Å². The van der Waals surface area contributed by atoms with E-state index in [0.717, 1.165) is 28.7 Å². The maximum atomic E-state index is 14.4. The number of aromatic nitrogens is 2. The standard InChI is InChI=1S/C15H8F2N2O4S.C13H5F2NO5S/c1-2-18-10-7-4-24-14-13(23-15(21)22)12(20)5-3-6(16)9(17)8(10)11(5)19(7)14;14-6-1-5-8-10(7(6)15)20-2-4-3-22-12(16(4)8)11(9(5)17)21-13(18)19/h3-4H,2H2,1H3,(H,21,22);1,3H,2H2,(H,18,19). The summed E-state index contributed by atoms with van der Waals surface area (Å²) in [6, 6.07) is 1.47. The third-order valence-electron chi connectivity index (χ3n) is 7.14. The summed E-state index contributed by atoms with van der Waals surface area (Å²) in [6.07, 6.45) is -3.32. The summed E-state index contributed by atoms with van der Waals surface area (Å²) in [5.74, 6) is -5.96. The fourth-order valence-electron chi connectivity index (χ4n) is 5.47. The molecule has 2 N–H and O–H groups in total. The molecule has 0 fully saturated rings. The van der Waals surface area contributed by atoms with E-state index >= 15 is 0 Å². The molecule has 0 saturated heterocycles. The van der Waals surface area contributed by atoms with Gasteiger partial charge in [0, 0.05) is 17.3 Å². The van der Waals surface area contributed by atoms with Crippen LogP contribution in [0.15, 0.2) is 37.5 Å². The molecule has 6 heterocycles. The van der Waals surface area contributed by atoms with Crippen molar-refractivity contribution in [3.8, 4) is 17.2 Å². The average molecular weight is 676 g/mol. The highest BCUT2D eigenvalue weighted by atomic mass is 32.1. The van der Waals surface area contributed by atoms with Crippen molar-refractivity contribution in [3.05, 3.63) is 77.7 Å². The molecular formula is C28H13F4N3O9S2. The fraction of sp³-hybridized carbons (Fsp3) is 0.107. The number of ether oxygens (including phenoxy) is 3. The van der Waals surface area contributed by atoms with Crippen LogP contribution in [0.4, 0.5) is 27.2 Å². The van der Waals surface area contributed by atoms with Crippen LogP contribution in [0, 0.1) is 23.3 Å². The van der Waals surface area contributed by atoms with E-state index in [1.807, 2.05) is 0 Å². The molecule has 1 aliphatic rings. The number of carbonyl (C=O) groups is 2. The normalized spacial score (nSPS) is 12.8. The Morgan fingerprint density at radius 3 is 2.07 bits per heavy atom. The Bertz CT molecular complexity index is 2650. The van der Waals surface area contributed by atoms with Crippen LogP contribution in [0.3, 0.4) is 0 Å². The maximum absolute atomic E-state index is 14.4. The van der Waals surface area contributed by atoms with Gasteiger partial charge in [-0.2, -0.15) is 4.39 Å². The number of benzene rings is 2. The molecule has 18 heteroatoms. The lowest BCUT2D eigenvalue weighted by Crippen LogP contribution is -2.18. The molecule has 0 radical (unpaired) electrons. The van der Waals surface area contributed by atoms with Crippen molar-refractivity contribution in [1.29, 1.82) is 0 Å². The van der Waals surface area contributed by atoms with Gasteiger partial charge < -0.3 is 24.4 Å². The van der Waals surface area contributed by atoms with E-state index < -0.39 is 57.9 Å². The monoisotopic (exact) mass is 675 g/mol. The Kier molecular flexibility index (Phi) is 6.53. The molecule has 234 valence electrons. The molecule has 8 rings (SSSR count). The number of rotatable bonds is 3. The second-order valence-corrected chi connectivity index (χ2v) is 11.4. The van der Waals surface area contributed by atoms with Gasteiger partial charge in [0.15, 0.2) is 23.2 Å². The Morgan fingerprint density at radius 1 is 0.891 bits per heavy atom. The highest BCUT2D eigenvalue weighted by molar-refractivity contribution is 7.16. The summed E-state index contributed by atoms with van der Waals surface area (Å²) < 4.78 is 73.2. The van der Waals surface area contributed by atoms with Crippen molar-refractivity contribution >= 4 is 77.4 Å². The molecule has 0 spiro atoms. The molecule has 12 nitrogen and oxygen atoms in total. The van der Waals surface area contributed by atoms with E-state index in [2.05, 4.69) is 14.5 Å². The number of halogens is 4. The summed E-state index contributed by atoms with van der Waals surface area (Å²) in [7, 11) is 0. The van der Waals surface area contributed by atoms with Gasteiger partial charge in [0.25, 0.3) is 0 Å². The first-order valence-electron chi connectivity index (χ1n) is 12.9. The summed E-state index contributed by atoms with van der Waals surface area (Å²) in [5.41, 5.74) is -0.347. The summed E-state index contributed by atoms with van der Waals surface area (Å²) >= 11 is 2.13. The van der Waals surface area contributed by atoms with Crippen molar-refractivity contribution < 1.29 is 51.6 Å². The Balaban J connectivity index is 0.000000147. The van der Waals surface area contributed by atoms with Crippen LogP contribution >= 0.6 is 22.7 Å². The minimum Gasteiger partial charge on any atom is -0.482 e. The second-order valence-electron chi connectivity index (χ2n) is 9.63. The zero-order valence-corrected chi connectivity index (χ0v) is 24.3. The Hall–Kier alpha value is -5.49. The number of thiazole rings is 2. The molecule has 46 heavy (non-hydrogen) atoms. The molecular weight excluding hydrogens is 662 g/mol. The van der Waals surface area contributed by atoms with Crippen LogP contribution in [-0.2, 0) is 6.61 Å². The van der Waals surface area contributed by atoms with Gasteiger partial charge >= 0.3 is 12.3 Å². The predicted molar refractivity (Wildman–Crippen MR) is 156 cm³/mol. The first-order valence-corrected chi connectivity index (χ1v) is 14.6. The first-order chi connectivity index (χ1) is 21.9. The number of nitrogens with zero attached hydrogens (tertiary/aromatic N) is 3. The van der Waals surface area contributed by atoms with Gasteiger partial charge in [-0.25, -0.2) is 22.8 Å². The molecule has 0 atom stereocenters. The highest BCUT2D eigenvalue weighted by Crippen LogP contribution is 2.39. The molecule has 2 aromatic carbocycles. The van der Waals surface area contributed by atoms with E-state index in [1.165, 1.54) is 8.80 Å². The molecule has 5 aromatic heterocycles. The second kappa shape index (κ2) is 10.3. The molecule has 7 aromatic rings. The van der Waals surface area contributed by atoms with E-state index in [0.29, 0.717) is 23.8 Å². The van der Waals surface area contributed by atoms with E-state index in [9.17, 15) is 36.7 Å². The van der Waals surface area contributed by atoms with Crippen LogP contribution in [0.5, 0.6) is 17.2 Å². The van der Waals surface area contributed by atoms with Gasteiger partial charge in [-0.3, -0.25) is 23.4 Å². The molecule has 0 bridgehead atoms. The van der Waals surface area contributed by atoms with E-state index in [4.69, 9.17) is 14.9 Å². The zero-order chi connectivity index (χ0) is 32.8. The first kappa shape index (κ1) is 29.2. The molecule has 0 saturated carbocycles. The average Bonchev–Trinajstić information content (AvgIpc) is 3.71. The smallest absolute Gasteiger partial charge is 0.482 e. The quantitative estimate of drug-likeness (QED) is 0.181. The van der Waals surface area contributed by atoms with Crippen LogP contribution < -0.4 is 30.4 Å². The van der Waals surface area contributed by atoms with Crippen LogP contribution in [0.1, 0.15) is 12.6 Å². The van der Waals surface area contributed by atoms with Crippen molar-refractivity contribution in [2.24, 2.45) is 4.99 Å². The topological polar surface area (TPSA) is 158 Å². The van der Waals surface area contributed by atoms with Crippen molar-refractivity contribution in [1.82, 2.24) is 8.80 Å². The van der Waals surface area contributed by atoms with Crippen molar-refractivity contribution in [2.75, 3.05) is 6.54 Å². The lowest BCUT2D eigenvalue weighted by Gasteiger charge is -2.19. The lowest BCUT2D eigenvalue weighted by atomic mass is 10.1. The Labute approximate surface area is 257 Å². The SMILES string of the molecule is CCN=c1c2c(F)c(F)cc3c(=O)c(OC(=O)O)c4scc1n4c32.O=C(O)Oc1c(=O)c2cc(F)c(F)c3c2n2c(csc12)CO3. The van der Waals surface area contributed by atoms with Gasteiger partial charge in [-0.15, -0.1) is 22.7 Å². The van der Waals surface area contributed by atoms with Gasteiger partial charge in [-0.1, -0.05) is 0 Å². The Morgan fingerprint density at radius 2 is 1.46 bits per heavy atom. The van der Waals surface area contributed by atoms with Crippen LogP contribution in [-0.4, -0.2) is 37.9 Å².